The molecular weight excluding hydrogens is 234 g/mol. The van der Waals surface area contributed by atoms with E-state index in [1.807, 2.05) is 21.1 Å². The Hall–Kier alpha value is -0.810. The molecule has 0 radical (unpaired) electrons. The molecule has 16 heavy (non-hydrogen) atoms. The van der Waals surface area contributed by atoms with Crippen molar-refractivity contribution in [2.45, 2.75) is 26.6 Å². The van der Waals surface area contributed by atoms with Gasteiger partial charge in [-0.25, -0.2) is 0 Å². The maximum atomic E-state index is 10.9. The number of nitrogens with zero attached hydrogens (tertiary/aromatic N) is 1. The number of carbonyl (C=O) groups is 2. The van der Waals surface area contributed by atoms with Crippen molar-refractivity contribution in [3.8, 4) is 0 Å². The van der Waals surface area contributed by atoms with Gasteiger partial charge in [-0.15, -0.1) is 0 Å². The van der Waals surface area contributed by atoms with Gasteiger partial charge in [0.05, 0.1) is 21.1 Å². The van der Waals surface area contributed by atoms with Gasteiger partial charge < -0.3 is 26.4 Å². The normalized spacial score (nSPS) is 11.4. The molecule has 0 aliphatic carbocycles. The minimum atomic E-state index is -1.20. The highest BCUT2D eigenvalue weighted by Crippen LogP contribution is 2.16. The summed E-state index contributed by atoms with van der Waals surface area (Å²) in [6.45, 7) is 4.56. The molecule has 5 nitrogen and oxygen atoms in total. The Morgan fingerprint density at radius 3 is 1.56 bits per heavy atom. The SMILES string of the molecule is CC(=O)OC(C)(C[N+](C)(C)C)OC(C)=O.[Cl-]. The summed E-state index contributed by atoms with van der Waals surface area (Å²) in [7, 11) is 5.77. The molecule has 0 saturated heterocycles. The molecule has 0 N–H and O–H groups in total. The Morgan fingerprint density at radius 1 is 1.06 bits per heavy atom. The third-order valence-electron chi connectivity index (χ3n) is 1.48. The highest BCUT2D eigenvalue weighted by molar-refractivity contribution is 5.68. The van der Waals surface area contributed by atoms with E-state index < -0.39 is 17.7 Å². The first-order valence-corrected chi connectivity index (χ1v) is 4.74. The van der Waals surface area contributed by atoms with Crippen LogP contribution < -0.4 is 12.4 Å². The van der Waals surface area contributed by atoms with E-state index in [1.54, 1.807) is 6.92 Å². The van der Waals surface area contributed by atoms with Crippen LogP contribution in [0.25, 0.3) is 0 Å². The summed E-state index contributed by atoms with van der Waals surface area (Å²) in [6, 6.07) is 0. The molecule has 0 unspecified atom stereocenters. The number of halogens is 1. The fourth-order valence-electron chi connectivity index (χ4n) is 1.56. The molecule has 0 aromatic carbocycles. The third-order valence-corrected chi connectivity index (χ3v) is 1.48. The second kappa shape index (κ2) is 6.06. The molecule has 0 bridgehead atoms. The first kappa shape index (κ1) is 17.6. The average molecular weight is 254 g/mol. The summed E-state index contributed by atoms with van der Waals surface area (Å²) < 4.78 is 10.6. The monoisotopic (exact) mass is 253 g/mol. The largest absolute Gasteiger partial charge is 1.00 e. The van der Waals surface area contributed by atoms with Crippen LogP contribution >= 0.6 is 0 Å². The van der Waals surface area contributed by atoms with Crippen molar-refractivity contribution in [2.24, 2.45) is 0 Å². The van der Waals surface area contributed by atoms with Gasteiger partial charge in [-0.3, -0.25) is 9.59 Å². The Labute approximate surface area is 103 Å². The first-order valence-electron chi connectivity index (χ1n) is 4.74. The van der Waals surface area contributed by atoms with Gasteiger partial charge >= 0.3 is 17.7 Å². The van der Waals surface area contributed by atoms with Gasteiger partial charge in [-0.2, -0.15) is 0 Å². The van der Waals surface area contributed by atoms with Crippen molar-refractivity contribution in [1.82, 2.24) is 0 Å². The predicted octanol–water partition coefficient (Wildman–Crippen LogP) is -2.46. The molecular formula is C10H20ClNO4. The number of rotatable bonds is 4. The van der Waals surface area contributed by atoms with Gasteiger partial charge in [0.1, 0.15) is 0 Å². The number of esters is 2. The van der Waals surface area contributed by atoms with Crippen molar-refractivity contribution >= 4 is 11.9 Å². The van der Waals surface area contributed by atoms with Crippen LogP contribution in [0.3, 0.4) is 0 Å². The molecule has 0 amide bonds. The van der Waals surface area contributed by atoms with Gasteiger partial charge in [-0.05, 0) is 0 Å². The third kappa shape index (κ3) is 8.49. The lowest BCUT2D eigenvalue weighted by molar-refractivity contribution is -0.879. The lowest BCUT2D eigenvalue weighted by Crippen LogP contribution is -3.00. The van der Waals surface area contributed by atoms with Crippen LogP contribution in [0.2, 0.25) is 0 Å². The smallest absolute Gasteiger partial charge is 0.306 e. The topological polar surface area (TPSA) is 52.6 Å². The van der Waals surface area contributed by atoms with Crippen LogP contribution in [0.15, 0.2) is 0 Å². The highest BCUT2D eigenvalue weighted by atomic mass is 35.5. The van der Waals surface area contributed by atoms with E-state index in [2.05, 4.69) is 0 Å². The van der Waals surface area contributed by atoms with Crippen LogP contribution in [0, 0.1) is 0 Å². The summed E-state index contributed by atoms with van der Waals surface area (Å²) in [6.07, 6.45) is 0. The van der Waals surface area contributed by atoms with Gasteiger partial charge in [-0.1, -0.05) is 0 Å². The number of hydrogen-bond donors (Lipinski definition) is 0. The zero-order chi connectivity index (χ0) is 12.3. The molecule has 0 fully saturated rings. The van der Waals surface area contributed by atoms with Crippen LogP contribution in [0.4, 0.5) is 0 Å². The summed E-state index contributed by atoms with van der Waals surface area (Å²) >= 11 is 0. The fourth-order valence-corrected chi connectivity index (χ4v) is 1.56. The summed E-state index contributed by atoms with van der Waals surface area (Å²) in [5.74, 6) is -2.13. The lowest BCUT2D eigenvalue weighted by Gasteiger charge is -2.34. The standard InChI is InChI=1S/C10H20NO4.ClH/c1-8(12)14-10(3,15-9(2)13)7-11(4,5)6;/h7H2,1-6H3;1H/q+1;/p-1. The lowest BCUT2D eigenvalue weighted by atomic mass is 10.2. The Kier molecular flexibility index (Phi) is 6.65. The zero-order valence-corrected chi connectivity index (χ0v) is 11.4. The van der Waals surface area contributed by atoms with Gasteiger partial charge in [0, 0.05) is 20.8 Å². The van der Waals surface area contributed by atoms with Crippen molar-refractivity contribution in [3.63, 3.8) is 0 Å². The summed E-state index contributed by atoms with van der Waals surface area (Å²) in [5, 5.41) is 0. The Morgan fingerprint density at radius 2 is 1.38 bits per heavy atom. The fraction of sp³-hybridized carbons (Fsp3) is 0.800. The Bertz CT molecular complexity index is 244. The maximum Gasteiger partial charge on any atom is 0.306 e. The maximum absolute atomic E-state index is 10.9. The predicted molar refractivity (Wildman–Crippen MR) is 54.8 cm³/mol. The van der Waals surface area contributed by atoms with Crippen molar-refractivity contribution < 1.29 is 36.0 Å². The van der Waals surface area contributed by atoms with Crippen molar-refractivity contribution in [1.29, 1.82) is 0 Å². The van der Waals surface area contributed by atoms with Crippen LogP contribution in [0.5, 0.6) is 0 Å². The zero-order valence-electron chi connectivity index (χ0n) is 10.7. The van der Waals surface area contributed by atoms with Crippen molar-refractivity contribution in [2.75, 3.05) is 27.7 Å². The van der Waals surface area contributed by atoms with E-state index in [0.717, 1.165) is 0 Å². The molecule has 0 aromatic heterocycles. The van der Waals surface area contributed by atoms with E-state index in [-0.39, 0.29) is 12.4 Å². The molecule has 6 heteroatoms. The molecule has 0 atom stereocenters. The molecule has 0 saturated carbocycles. The molecule has 0 rings (SSSR count). The second-order valence-electron chi connectivity index (χ2n) is 4.77. The van der Waals surface area contributed by atoms with Crippen LogP contribution in [-0.4, -0.2) is 49.9 Å². The van der Waals surface area contributed by atoms with Gasteiger partial charge in [0.2, 0.25) is 0 Å². The minimum absolute atomic E-state index is 0. The Balaban J connectivity index is 0. The van der Waals surface area contributed by atoms with Crippen LogP contribution in [0.1, 0.15) is 20.8 Å². The van der Waals surface area contributed by atoms with E-state index >= 15 is 0 Å². The highest BCUT2D eigenvalue weighted by Gasteiger charge is 2.37. The van der Waals surface area contributed by atoms with Crippen LogP contribution in [-0.2, 0) is 19.1 Å². The number of hydrogen-bond acceptors (Lipinski definition) is 4. The number of likely N-dealkylation sites (N-methyl/N-ethyl adjacent to an activating group) is 1. The number of quaternary nitrogens is 1. The first-order chi connectivity index (χ1) is 6.54. The van der Waals surface area contributed by atoms with Crippen molar-refractivity contribution in [3.05, 3.63) is 0 Å². The molecule has 96 valence electrons. The summed E-state index contributed by atoms with van der Waals surface area (Å²) in [4.78, 5) is 21.8. The van der Waals surface area contributed by atoms with E-state index in [0.29, 0.717) is 11.0 Å². The summed E-state index contributed by atoms with van der Waals surface area (Å²) in [5.41, 5.74) is 0. The molecule has 0 spiro atoms. The molecule has 0 aromatic rings. The average Bonchev–Trinajstić information content (AvgIpc) is 1.73. The van der Waals surface area contributed by atoms with Gasteiger partial charge in [0.15, 0.2) is 6.54 Å². The number of ether oxygens (including phenoxy) is 2. The quantitative estimate of drug-likeness (QED) is 0.317. The molecule has 0 heterocycles. The minimum Gasteiger partial charge on any atom is -1.00 e. The van der Waals surface area contributed by atoms with E-state index in [9.17, 15) is 9.59 Å². The second-order valence-corrected chi connectivity index (χ2v) is 4.77. The van der Waals surface area contributed by atoms with E-state index in [4.69, 9.17) is 9.47 Å². The number of carbonyl (C=O) groups excluding carboxylic acids is 2. The molecule has 0 aliphatic heterocycles. The van der Waals surface area contributed by atoms with E-state index in [1.165, 1.54) is 13.8 Å². The van der Waals surface area contributed by atoms with Gasteiger partial charge in [0.25, 0.3) is 0 Å². The molecule has 0 aliphatic rings.